The highest BCUT2D eigenvalue weighted by molar-refractivity contribution is 5.97. The van der Waals surface area contributed by atoms with Gasteiger partial charge in [0, 0.05) is 46.9 Å². The summed E-state index contributed by atoms with van der Waals surface area (Å²) in [5.74, 6) is 1.02. The van der Waals surface area contributed by atoms with Gasteiger partial charge in [0.2, 0.25) is 0 Å². The number of anilines is 3. The summed E-state index contributed by atoms with van der Waals surface area (Å²) in [4.78, 5) is 15.4. The van der Waals surface area contributed by atoms with Crippen LogP contribution in [0.25, 0.3) is 0 Å². The summed E-state index contributed by atoms with van der Waals surface area (Å²) in [5, 5.41) is 3.63. The third-order valence-corrected chi connectivity index (χ3v) is 7.85. The zero-order valence-corrected chi connectivity index (χ0v) is 23.4. The molecule has 0 fully saturated rings. The molecule has 2 aliphatic heterocycles. The highest BCUT2D eigenvalue weighted by atomic mass is 16.6. The van der Waals surface area contributed by atoms with Crippen LogP contribution < -0.4 is 15.0 Å². The first-order valence-electron chi connectivity index (χ1n) is 14.0. The Morgan fingerprint density at radius 1 is 0.875 bits per heavy atom. The van der Waals surface area contributed by atoms with Gasteiger partial charge in [-0.2, -0.15) is 0 Å². The normalized spacial score (nSPS) is 17.4. The Balaban J connectivity index is 1.43. The van der Waals surface area contributed by atoms with Crippen molar-refractivity contribution in [2.75, 3.05) is 23.4 Å². The second-order valence-corrected chi connectivity index (χ2v) is 10.2. The quantitative estimate of drug-likeness (QED) is 0.183. The lowest BCUT2D eigenvalue weighted by molar-refractivity contribution is 0.0224. The summed E-state index contributed by atoms with van der Waals surface area (Å²) in [5.41, 5.74) is 6.02. The summed E-state index contributed by atoms with van der Waals surface area (Å²) >= 11 is 0. The smallest absolute Gasteiger partial charge is 0.340 e. The Morgan fingerprint density at radius 3 is 2.40 bits per heavy atom. The number of esters is 1. The first-order valence-corrected chi connectivity index (χ1v) is 14.0. The van der Waals surface area contributed by atoms with Gasteiger partial charge < -0.3 is 24.4 Å². The molecule has 204 valence electrons. The number of benzene rings is 4. The number of aryl methyl sites for hydroxylation is 1. The standard InChI is InChI=1S/C34H34N2O4/c1-5-32(38-7-3)36(6-2)24-18-16-22(4)29(21-24)35-23-17-19-31-28(20-23)34(27-14-10-11-15-30(27)39-31)26-13-9-8-12-25(26)33(37)40-34/h8-21,32,35H,5-7H2,1-4H3. The molecule has 6 heteroatoms. The van der Waals surface area contributed by atoms with Gasteiger partial charge in [0.15, 0.2) is 5.60 Å². The van der Waals surface area contributed by atoms with E-state index in [2.05, 4.69) is 49.2 Å². The predicted molar refractivity (Wildman–Crippen MR) is 158 cm³/mol. The van der Waals surface area contributed by atoms with Crippen LogP contribution >= 0.6 is 0 Å². The minimum absolute atomic E-state index is 0.0171. The van der Waals surface area contributed by atoms with E-state index in [1.807, 2.05) is 73.7 Å². The van der Waals surface area contributed by atoms with Crippen LogP contribution in [0.1, 0.15) is 59.8 Å². The molecule has 6 nitrogen and oxygen atoms in total. The Hall–Kier alpha value is -4.29. The number of carbonyl (C=O) groups is 1. The van der Waals surface area contributed by atoms with Crippen molar-refractivity contribution in [1.29, 1.82) is 0 Å². The van der Waals surface area contributed by atoms with Gasteiger partial charge in [-0.1, -0.05) is 49.4 Å². The van der Waals surface area contributed by atoms with Crippen molar-refractivity contribution >= 4 is 23.0 Å². The fourth-order valence-electron chi connectivity index (χ4n) is 5.95. The van der Waals surface area contributed by atoms with Crippen LogP contribution in [-0.2, 0) is 15.1 Å². The number of ether oxygens (including phenoxy) is 3. The van der Waals surface area contributed by atoms with E-state index in [1.165, 1.54) is 0 Å². The summed E-state index contributed by atoms with van der Waals surface area (Å²) in [7, 11) is 0. The van der Waals surface area contributed by atoms with Crippen molar-refractivity contribution in [2.45, 2.75) is 45.9 Å². The number of rotatable bonds is 8. The number of hydrogen-bond donors (Lipinski definition) is 1. The molecule has 1 spiro atoms. The van der Waals surface area contributed by atoms with Gasteiger partial charge in [-0.05, 0) is 75.2 Å². The minimum Gasteiger partial charge on any atom is -0.456 e. The van der Waals surface area contributed by atoms with Gasteiger partial charge in [0.1, 0.15) is 17.7 Å². The van der Waals surface area contributed by atoms with E-state index in [4.69, 9.17) is 14.2 Å². The Labute approximate surface area is 235 Å². The summed E-state index contributed by atoms with van der Waals surface area (Å²) in [6, 6.07) is 27.8. The van der Waals surface area contributed by atoms with Gasteiger partial charge in [-0.3, -0.25) is 0 Å². The fourth-order valence-corrected chi connectivity index (χ4v) is 5.95. The summed E-state index contributed by atoms with van der Waals surface area (Å²) < 4.78 is 18.7. The van der Waals surface area contributed by atoms with Gasteiger partial charge >= 0.3 is 5.97 Å². The van der Waals surface area contributed by atoms with Crippen LogP contribution in [0.5, 0.6) is 11.5 Å². The second-order valence-electron chi connectivity index (χ2n) is 10.2. The first-order chi connectivity index (χ1) is 19.5. The van der Waals surface area contributed by atoms with Crippen LogP contribution in [0, 0.1) is 6.92 Å². The molecule has 4 aromatic carbocycles. The average Bonchev–Trinajstić information content (AvgIpc) is 3.27. The molecule has 0 bridgehead atoms. The fraction of sp³-hybridized carbons (Fsp3) is 0.265. The highest BCUT2D eigenvalue weighted by Gasteiger charge is 2.53. The number of nitrogens with zero attached hydrogens (tertiary/aromatic N) is 1. The molecule has 0 aromatic heterocycles. The third-order valence-electron chi connectivity index (χ3n) is 7.85. The average molecular weight is 535 g/mol. The van der Waals surface area contributed by atoms with Crippen LogP contribution in [0.4, 0.5) is 17.1 Å². The molecule has 2 unspecified atom stereocenters. The molecule has 0 radical (unpaired) electrons. The Morgan fingerprint density at radius 2 is 1.62 bits per heavy atom. The van der Waals surface area contributed by atoms with E-state index < -0.39 is 5.60 Å². The van der Waals surface area contributed by atoms with E-state index in [0.29, 0.717) is 23.7 Å². The molecule has 0 aliphatic carbocycles. The van der Waals surface area contributed by atoms with Crippen LogP contribution in [0.15, 0.2) is 84.9 Å². The molecular formula is C34H34N2O4. The molecule has 0 amide bonds. The van der Waals surface area contributed by atoms with Crippen molar-refractivity contribution < 1.29 is 19.0 Å². The molecule has 0 saturated carbocycles. The lowest BCUT2D eigenvalue weighted by Crippen LogP contribution is -2.37. The van der Waals surface area contributed by atoms with E-state index >= 15 is 0 Å². The molecular weight excluding hydrogens is 500 g/mol. The van der Waals surface area contributed by atoms with E-state index in [9.17, 15) is 4.79 Å². The molecule has 2 atom stereocenters. The Bertz CT molecular complexity index is 1580. The van der Waals surface area contributed by atoms with Crippen molar-refractivity contribution in [1.82, 2.24) is 0 Å². The molecule has 4 aromatic rings. The lowest BCUT2D eigenvalue weighted by Gasteiger charge is -2.36. The topological polar surface area (TPSA) is 60.0 Å². The van der Waals surface area contributed by atoms with Crippen molar-refractivity contribution in [3.8, 4) is 11.5 Å². The van der Waals surface area contributed by atoms with E-state index in [1.54, 1.807) is 0 Å². The monoisotopic (exact) mass is 534 g/mol. The van der Waals surface area contributed by atoms with Crippen molar-refractivity contribution in [3.63, 3.8) is 0 Å². The van der Waals surface area contributed by atoms with Gasteiger partial charge in [0.25, 0.3) is 0 Å². The molecule has 2 aliphatic rings. The van der Waals surface area contributed by atoms with Crippen LogP contribution in [0.2, 0.25) is 0 Å². The second kappa shape index (κ2) is 10.4. The highest BCUT2D eigenvalue weighted by Crippen LogP contribution is 2.56. The molecule has 6 rings (SSSR count). The lowest BCUT2D eigenvalue weighted by atomic mass is 9.77. The first kappa shape index (κ1) is 26.0. The maximum atomic E-state index is 13.1. The number of para-hydroxylation sites is 1. The number of hydrogen-bond acceptors (Lipinski definition) is 6. The number of fused-ring (bicyclic) bond motifs is 6. The minimum atomic E-state index is -1.09. The van der Waals surface area contributed by atoms with Crippen LogP contribution in [-0.4, -0.2) is 25.3 Å². The molecule has 40 heavy (non-hydrogen) atoms. The van der Waals surface area contributed by atoms with Crippen molar-refractivity contribution in [3.05, 3.63) is 113 Å². The van der Waals surface area contributed by atoms with Gasteiger partial charge in [-0.25, -0.2) is 4.79 Å². The zero-order valence-electron chi connectivity index (χ0n) is 23.4. The van der Waals surface area contributed by atoms with Gasteiger partial charge in [0.05, 0.1) is 5.56 Å². The predicted octanol–water partition coefficient (Wildman–Crippen LogP) is 7.91. The summed E-state index contributed by atoms with van der Waals surface area (Å²) in [6.07, 6.45) is 0.913. The molecule has 1 N–H and O–H groups in total. The largest absolute Gasteiger partial charge is 0.456 e. The Kier molecular flexibility index (Phi) is 6.72. The summed E-state index contributed by atoms with van der Waals surface area (Å²) in [6.45, 7) is 9.93. The van der Waals surface area contributed by atoms with Crippen LogP contribution in [0.3, 0.4) is 0 Å². The van der Waals surface area contributed by atoms with Crippen molar-refractivity contribution in [2.24, 2.45) is 0 Å². The SMILES string of the molecule is CCOC(CC)N(CC)c1ccc(C)c(Nc2ccc3c(c2)C2(OC(=O)c4ccccc42)c2ccccc2O3)c1. The molecule has 0 saturated heterocycles. The zero-order chi connectivity index (χ0) is 27.9. The maximum Gasteiger partial charge on any atom is 0.340 e. The maximum absolute atomic E-state index is 13.1. The third kappa shape index (κ3) is 4.11. The van der Waals surface area contributed by atoms with Gasteiger partial charge in [-0.15, -0.1) is 0 Å². The number of nitrogens with one attached hydrogen (secondary N) is 1. The van der Waals surface area contributed by atoms with E-state index in [-0.39, 0.29) is 12.2 Å². The van der Waals surface area contributed by atoms with E-state index in [0.717, 1.165) is 52.3 Å². The molecule has 2 heterocycles. The number of carbonyl (C=O) groups excluding carboxylic acids is 1.